The standard InChI is InChI=1S/C12H17N3O2/c1-8-6-10(14-9(2)13-8)15-12(4-3-5-12)7-11(16)17/h6H,3-5,7H2,1-2H3,(H,16,17)(H,13,14,15). The number of aliphatic carboxylic acids is 1. The number of carboxylic acid groups (broad SMARTS) is 1. The molecule has 0 bridgehead atoms. The fourth-order valence-electron chi connectivity index (χ4n) is 2.29. The fraction of sp³-hybridized carbons (Fsp3) is 0.583. The molecule has 1 fully saturated rings. The van der Waals surface area contributed by atoms with Crippen LogP contribution in [0.25, 0.3) is 0 Å². The molecule has 0 spiro atoms. The van der Waals surface area contributed by atoms with Gasteiger partial charge in [-0.25, -0.2) is 9.97 Å². The quantitative estimate of drug-likeness (QED) is 0.833. The maximum atomic E-state index is 10.9. The van der Waals surface area contributed by atoms with E-state index in [1.54, 1.807) is 0 Å². The summed E-state index contributed by atoms with van der Waals surface area (Å²) in [5.41, 5.74) is 0.587. The molecule has 2 rings (SSSR count). The van der Waals surface area contributed by atoms with Gasteiger partial charge in [0.05, 0.1) is 6.42 Å². The molecule has 0 atom stereocenters. The van der Waals surface area contributed by atoms with Gasteiger partial charge in [0, 0.05) is 17.3 Å². The van der Waals surface area contributed by atoms with Gasteiger partial charge in [-0.1, -0.05) is 0 Å². The van der Waals surface area contributed by atoms with Crippen molar-refractivity contribution in [1.29, 1.82) is 0 Å². The number of rotatable bonds is 4. The van der Waals surface area contributed by atoms with Crippen LogP contribution in [0.1, 0.15) is 37.2 Å². The number of anilines is 1. The first kappa shape index (κ1) is 11.8. The van der Waals surface area contributed by atoms with Gasteiger partial charge in [0.25, 0.3) is 0 Å². The third-order valence-electron chi connectivity index (χ3n) is 3.16. The van der Waals surface area contributed by atoms with Crippen molar-refractivity contribution in [3.8, 4) is 0 Å². The van der Waals surface area contributed by atoms with Crippen LogP contribution in [-0.2, 0) is 4.79 Å². The third-order valence-corrected chi connectivity index (χ3v) is 3.16. The molecule has 0 amide bonds. The zero-order valence-electron chi connectivity index (χ0n) is 10.2. The molecular formula is C12H17N3O2. The van der Waals surface area contributed by atoms with Gasteiger partial charge in [-0.15, -0.1) is 0 Å². The maximum absolute atomic E-state index is 10.9. The summed E-state index contributed by atoms with van der Waals surface area (Å²) in [6, 6.07) is 1.86. The van der Waals surface area contributed by atoms with Crippen LogP contribution in [0.5, 0.6) is 0 Å². The van der Waals surface area contributed by atoms with Crippen molar-refractivity contribution >= 4 is 11.8 Å². The van der Waals surface area contributed by atoms with Crippen LogP contribution in [0.15, 0.2) is 6.07 Å². The SMILES string of the molecule is Cc1cc(NC2(CC(=O)O)CCC2)nc(C)n1. The summed E-state index contributed by atoms with van der Waals surface area (Å²) < 4.78 is 0. The second kappa shape index (κ2) is 4.31. The molecule has 0 saturated heterocycles. The monoisotopic (exact) mass is 235 g/mol. The molecule has 1 heterocycles. The number of hydrogen-bond acceptors (Lipinski definition) is 4. The summed E-state index contributed by atoms with van der Waals surface area (Å²) in [5, 5.41) is 12.2. The molecular weight excluding hydrogens is 218 g/mol. The number of hydrogen-bond donors (Lipinski definition) is 2. The van der Waals surface area contributed by atoms with Crippen molar-refractivity contribution in [3.63, 3.8) is 0 Å². The van der Waals surface area contributed by atoms with Crippen LogP contribution in [-0.4, -0.2) is 26.6 Å². The Kier molecular flexibility index (Phi) is 3.00. The van der Waals surface area contributed by atoms with E-state index in [0.717, 1.165) is 30.8 Å². The molecule has 0 unspecified atom stereocenters. The Bertz CT molecular complexity index is 421. The van der Waals surface area contributed by atoms with Crippen LogP contribution in [0.3, 0.4) is 0 Å². The van der Waals surface area contributed by atoms with Crippen molar-refractivity contribution in [3.05, 3.63) is 17.6 Å². The Balaban J connectivity index is 2.15. The number of aryl methyl sites for hydroxylation is 2. The van der Waals surface area contributed by atoms with Gasteiger partial charge in [0.2, 0.25) is 0 Å². The fourth-order valence-corrected chi connectivity index (χ4v) is 2.29. The zero-order valence-corrected chi connectivity index (χ0v) is 10.2. The predicted octanol–water partition coefficient (Wildman–Crippen LogP) is 1.90. The molecule has 2 N–H and O–H groups in total. The van der Waals surface area contributed by atoms with Gasteiger partial charge in [-0.2, -0.15) is 0 Å². The average Bonchev–Trinajstić information content (AvgIpc) is 2.11. The Morgan fingerprint density at radius 1 is 1.47 bits per heavy atom. The highest BCUT2D eigenvalue weighted by Gasteiger charge is 2.39. The smallest absolute Gasteiger partial charge is 0.305 e. The van der Waals surface area contributed by atoms with Gasteiger partial charge in [0.15, 0.2) is 0 Å². The molecule has 1 aromatic rings. The number of nitrogens with zero attached hydrogens (tertiary/aromatic N) is 2. The molecule has 1 aliphatic carbocycles. The van der Waals surface area contributed by atoms with E-state index >= 15 is 0 Å². The predicted molar refractivity (Wildman–Crippen MR) is 64.0 cm³/mol. The van der Waals surface area contributed by atoms with Gasteiger partial charge in [-0.3, -0.25) is 4.79 Å². The van der Waals surface area contributed by atoms with Gasteiger partial charge in [-0.05, 0) is 33.1 Å². The van der Waals surface area contributed by atoms with Crippen LogP contribution < -0.4 is 5.32 Å². The van der Waals surface area contributed by atoms with Crippen molar-refractivity contribution < 1.29 is 9.90 Å². The van der Waals surface area contributed by atoms with E-state index in [1.165, 1.54) is 0 Å². The van der Waals surface area contributed by atoms with E-state index in [4.69, 9.17) is 5.11 Å². The van der Waals surface area contributed by atoms with E-state index in [9.17, 15) is 4.79 Å². The minimum absolute atomic E-state index is 0.148. The van der Waals surface area contributed by atoms with Crippen molar-refractivity contribution in [2.75, 3.05) is 5.32 Å². The molecule has 1 aromatic heterocycles. The molecule has 0 radical (unpaired) electrons. The molecule has 1 saturated carbocycles. The minimum atomic E-state index is -0.764. The molecule has 17 heavy (non-hydrogen) atoms. The maximum Gasteiger partial charge on any atom is 0.305 e. The minimum Gasteiger partial charge on any atom is -0.481 e. The molecule has 0 aromatic carbocycles. The van der Waals surface area contributed by atoms with Gasteiger partial charge < -0.3 is 10.4 Å². The lowest BCUT2D eigenvalue weighted by Gasteiger charge is -2.42. The van der Waals surface area contributed by atoms with Gasteiger partial charge in [0.1, 0.15) is 11.6 Å². The number of carboxylic acids is 1. The number of nitrogens with one attached hydrogen (secondary N) is 1. The largest absolute Gasteiger partial charge is 0.481 e. The highest BCUT2D eigenvalue weighted by molar-refractivity contribution is 5.69. The number of aromatic nitrogens is 2. The van der Waals surface area contributed by atoms with Crippen LogP contribution in [0, 0.1) is 13.8 Å². The summed E-state index contributed by atoms with van der Waals surface area (Å²) in [5.74, 6) is 0.674. The Hall–Kier alpha value is -1.65. The second-order valence-corrected chi connectivity index (χ2v) is 4.77. The Labute approximate surface area is 100 Å². The first-order valence-electron chi connectivity index (χ1n) is 5.81. The molecule has 5 nitrogen and oxygen atoms in total. The van der Waals surface area contributed by atoms with Crippen LogP contribution >= 0.6 is 0 Å². The van der Waals surface area contributed by atoms with E-state index < -0.39 is 5.97 Å². The Morgan fingerprint density at radius 3 is 2.65 bits per heavy atom. The normalized spacial score (nSPS) is 17.3. The summed E-state index contributed by atoms with van der Waals surface area (Å²) in [7, 11) is 0. The van der Waals surface area contributed by atoms with E-state index in [-0.39, 0.29) is 12.0 Å². The van der Waals surface area contributed by atoms with E-state index in [2.05, 4.69) is 15.3 Å². The molecule has 5 heteroatoms. The van der Waals surface area contributed by atoms with Crippen molar-refractivity contribution in [1.82, 2.24) is 9.97 Å². The summed E-state index contributed by atoms with van der Waals surface area (Å²) in [6.07, 6.45) is 3.00. The summed E-state index contributed by atoms with van der Waals surface area (Å²) >= 11 is 0. The summed E-state index contributed by atoms with van der Waals surface area (Å²) in [6.45, 7) is 3.74. The highest BCUT2D eigenvalue weighted by atomic mass is 16.4. The first-order valence-corrected chi connectivity index (χ1v) is 5.81. The third kappa shape index (κ3) is 2.72. The Morgan fingerprint density at radius 2 is 2.18 bits per heavy atom. The van der Waals surface area contributed by atoms with E-state index in [1.807, 2.05) is 19.9 Å². The second-order valence-electron chi connectivity index (χ2n) is 4.77. The van der Waals surface area contributed by atoms with Crippen molar-refractivity contribution in [2.45, 2.75) is 45.1 Å². The summed E-state index contributed by atoms with van der Waals surface area (Å²) in [4.78, 5) is 19.4. The lowest BCUT2D eigenvalue weighted by molar-refractivity contribution is -0.138. The lowest BCUT2D eigenvalue weighted by atomic mass is 9.74. The topological polar surface area (TPSA) is 75.1 Å². The first-order chi connectivity index (χ1) is 7.99. The van der Waals surface area contributed by atoms with Gasteiger partial charge >= 0.3 is 5.97 Å². The number of carbonyl (C=O) groups is 1. The highest BCUT2D eigenvalue weighted by Crippen LogP contribution is 2.37. The molecule has 1 aliphatic rings. The van der Waals surface area contributed by atoms with Crippen LogP contribution in [0.2, 0.25) is 0 Å². The van der Waals surface area contributed by atoms with Crippen molar-refractivity contribution in [2.24, 2.45) is 0 Å². The molecule has 0 aliphatic heterocycles. The lowest BCUT2D eigenvalue weighted by Crippen LogP contribution is -2.47. The average molecular weight is 235 g/mol. The zero-order chi connectivity index (χ0) is 12.5. The van der Waals surface area contributed by atoms with Crippen LogP contribution in [0.4, 0.5) is 5.82 Å². The molecule has 92 valence electrons. The van der Waals surface area contributed by atoms with E-state index in [0.29, 0.717) is 5.82 Å².